The average Bonchev–Trinajstić information content (AvgIpc) is 2.92. The van der Waals surface area contributed by atoms with Gasteiger partial charge in [-0.25, -0.2) is 4.68 Å². The Labute approximate surface area is 132 Å². The van der Waals surface area contributed by atoms with Crippen molar-refractivity contribution in [3.8, 4) is 11.4 Å². The predicted molar refractivity (Wildman–Crippen MR) is 88.4 cm³/mol. The van der Waals surface area contributed by atoms with Gasteiger partial charge in [-0.05, 0) is 30.7 Å². The number of nitrogens with two attached hydrogens (primary N) is 1. The second kappa shape index (κ2) is 6.92. The van der Waals surface area contributed by atoms with Crippen molar-refractivity contribution in [2.24, 2.45) is 5.73 Å². The van der Waals surface area contributed by atoms with Gasteiger partial charge < -0.3 is 10.5 Å². The topological polar surface area (TPSA) is 66.0 Å². The first-order valence-electron chi connectivity index (χ1n) is 7.85. The lowest BCUT2D eigenvalue weighted by Crippen LogP contribution is -2.20. The Morgan fingerprint density at radius 1 is 1.18 bits per heavy atom. The zero-order chi connectivity index (χ0) is 16.2. The van der Waals surface area contributed by atoms with Gasteiger partial charge in [-0.15, -0.1) is 5.10 Å². The molecule has 0 saturated heterocycles. The highest BCUT2D eigenvalue weighted by molar-refractivity contribution is 5.39. The first kappa shape index (κ1) is 16.5. The molecule has 0 aliphatic carbocycles. The van der Waals surface area contributed by atoms with Crippen molar-refractivity contribution in [3.63, 3.8) is 0 Å². The molecule has 0 spiro atoms. The lowest BCUT2D eigenvalue weighted by Gasteiger charge is -2.21. The molecule has 0 bridgehead atoms. The molecule has 1 heterocycles. The van der Waals surface area contributed by atoms with Gasteiger partial charge in [-0.3, -0.25) is 0 Å². The van der Waals surface area contributed by atoms with Crippen LogP contribution in [0.3, 0.4) is 0 Å². The number of unbranched alkanes of at least 4 members (excludes halogenated alkanes) is 1. The lowest BCUT2D eigenvalue weighted by atomic mass is 9.90. The van der Waals surface area contributed by atoms with Crippen molar-refractivity contribution in [2.75, 3.05) is 6.61 Å². The lowest BCUT2D eigenvalue weighted by molar-refractivity contribution is 0.309. The Hall–Kier alpha value is -1.88. The van der Waals surface area contributed by atoms with Gasteiger partial charge in [-0.2, -0.15) is 0 Å². The fourth-order valence-corrected chi connectivity index (χ4v) is 2.40. The standard InChI is InChI=1S/C17H26N4O/c1-5-6-11-22-14-9-7-13(8-10-14)21-16(17(2,3)4)15(12-18)19-20-21/h7-10H,5-6,11-12,18H2,1-4H3. The molecule has 120 valence electrons. The third kappa shape index (κ3) is 3.65. The summed E-state index contributed by atoms with van der Waals surface area (Å²) in [6.07, 6.45) is 2.20. The summed E-state index contributed by atoms with van der Waals surface area (Å²) in [6, 6.07) is 7.96. The van der Waals surface area contributed by atoms with Crippen LogP contribution in [0.15, 0.2) is 24.3 Å². The molecule has 22 heavy (non-hydrogen) atoms. The van der Waals surface area contributed by atoms with Crippen molar-refractivity contribution in [2.45, 2.75) is 52.5 Å². The third-order valence-electron chi connectivity index (χ3n) is 3.49. The second-order valence-corrected chi connectivity index (χ2v) is 6.45. The summed E-state index contributed by atoms with van der Waals surface area (Å²) in [5.41, 5.74) is 8.59. The van der Waals surface area contributed by atoms with Gasteiger partial charge >= 0.3 is 0 Å². The number of nitrogens with zero attached hydrogens (tertiary/aromatic N) is 3. The first-order chi connectivity index (χ1) is 10.5. The summed E-state index contributed by atoms with van der Waals surface area (Å²) in [5.74, 6) is 0.883. The number of rotatable bonds is 6. The number of aromatic nitrogens is 3. The van der Waals surface area contributed by atoms with Crippen LogP contribution in [-0.4, -0.2) is 21.6 Å². The van der Waals surface area contributed by atoms with Gasteiger partial charge in [-0.1, -0.05) is 39.3 Å². The molecule has 2 rings (SSSR count). The zero-order valence-corrected chi connectivity index (χ0v) is 14.0. The molecule has 1 aromatic carbocycles. The summed E-state index contributed by atoms with van der Waals surface area (Å²) in [4.78, 5) is 0. The Morgan fingerprint density at radius 2 is 1.86 bits per heavy atom. The van der Waals surface area contributed by atoms with E-state index in [9.17, 15) is 0 Å². The number of hydrogen-bond donors (Lipinski definition) is 1. The van der Waals surface area contributed by atoms with E-state index < -0.39 is 0 Å². The monoisotopic (exact) mass is 302 g/mol. The van der Waals surface area contributed by atoms with Crippen LogP contribution < -0.4 is 10.5 Å². The highest BCUT2D eigenvalue weighted by atomic mass is 16.5. The van der Waals surface area contributed by atoms with Gasteiger partial charge in [0.2, 0.25) is 0 Å². The number of benzene rings is 1. The minimum absolute atomic E-state index is 0.0749. The van der Waals surface area contributed by atoms with E-state index in [1.54, 1.807) is 0 Å². The maximum atomic E-state index is 5.80. The summed E-state index contributed by atoms with van der Waals surface area (Å²) in [7, 11) is 0. The molecule has 0 aliphatic heterocycles. The van der Waals surface area contributed by atoms with E-state index in [-0.39, 0.29) is 5.41 Å². The minimum Gasteiger partial charge on any atom is -0.494 e. The molecule has 5 nitrogen and oxygen atoms in total. The average molecular weight is 302 g/mol. The van der Waals surface area contributed by atoms with Crippen LogP contribution in [0, 0.1) is 0 Å². The van der Waals surface area contributed by atoms with Crippen LogP contribution in [0.5, 0.6) is 5.75 Å². The van der Waals surface area contributed by atoms with Crippen LogP contribution in [0.1, 0.15) is 51.9 Å². The Balaban J connectivity index is 2.27. The molecule has 0 unspecified atom stereocenters. The minimum atomic E-state index is -0.0749. The number of ether oxygens (including phenoxy) is 1. The van der Waals surface area contributed by atoms with Gasteiger partial charge in [0, 0.05) is 12.0 Å². The molecule has 0 radical (unpaired) electrons. The molecular formula is C17H26N4O. The van der Waals surface area contributed by atoms with E-state index in [4.69, 9.17) is 10.5 Å². The van der Waals surface area contributed by atoms with Crippen LogP contribution in [0.25, 0.3) is 5.69 Å². The van der Waals surface area contributed by atoms with E-state index in [0.717, 1.165) is 42.3 Å². The van der Waals surface area contributed by atoms with E-state index in [1.165, 1.54) is 0 Å². The van der Waals surface area contributed by atoms with Gasteiger partial charge in [0.05, 0.1) is 18.0 Å². The Kier molecular flexibility index (Phi) is 5.19. The fraction of sp³-hybridized carbons (Fsp3) is 0.529. The Morgan fingerprint density at radius 3 is 2.41 bits per heavy atom. The first-order valence-corrected chi connectivity index (χ1v) is 7.85. The van der Waals surface area contributed by atoms with E-state index in [0.29, 0.717) is 6.54 Å². The second-order valence-electron chi connectivity index (χ2n) is 6.45. The summed E-state index contributed by atoms with van der Waals surface area (Å²) < 4.78 is 7.57. The van der Waals surface area contributed by atoms with Crippen molar-refractivity contribution in [1.29, 1.82) is 0 Å². The van der Waals surface area contributed by atoms with Crippen LogP contribution >= 0.6 is 0 Å². The molecule has 2 N–H and O–H groups in total. The predicted octanol–water partition coefficient (Wildman–Crippen LogP) is 3.20. The molecule has 0 amide bonds. The maximum absolute atomic E-state index is 5.80. The largest absolute Gasteiger partial charge is 0.494 e. The third-order valence-corrected chi connectivity index (χ3v) is 3.49. The number of hydrogen-bond acceptors (Lipinski definition) is 4. The van der Waals surface area contributed by atoms with Crippen molar-refractivity contribution in [3.05, 3.63) is 35.7 Å². The summed E-state index contributed by atoms with van der Waals surface area (Å²) >= 11 is 0. The van der Waals surface area contributed by atoms with E-state index in [1.807, 2.05) is 28.9 Å². The van der Waals surface area contributed by atoms with Gasteiger partial charge in [0.25, 0.3) is 0 Å². The van der Waals surface area contributed by atoms with Gasteiger partial charge in [0.15, 0.2) is 0 Å². The fourth-order valence-electron chi connectivity index (χ4n) is 2.40. The van der Waals surface area contributed by atoms with E-state index in [2.05, 4.69) is 38.0 Å². The Bertz CT molecular complexity index is 596. The molecular weight excluding hydrogens is 276 g/mol. The van der Waals surface area contributed by atoms with Crippen LogP contribution in [0.4, 0.5) is 0 Å². The normalized spacial score (nSPS) is 11.7. The highest BCUT2D eigenvalue weighted by Gasteiger charge is 2.25. The molecule has 0 saturated carbocycles. The van der Waals surface area contributed by atoms with Crippen LogP contribution in [0.2, 0.25) is 0 Å². The molecule has 5 heteroatoms. The molecule has 0 fully saturated rings. The van der Waals surface area contributed by atoms with Crippen molar-refractivity contribution >= 4 is 0 Å². The van der Waals surface area contributed by atoms with E-state index >= 15 is 0 Å². The SMILES string of the molecule is CCCCOc1ccc(-n2nnc(CN)c2C(C)(C)C)cc1. The molecule has 1 aromatic heterocycles. The zero-order valence-electron chi connectivity index (χ0n) is 14.0. The van der Waals surface area contributed by atoms with Crippen LogP contribution in [-0.2, 0) is 12.0 Å². The molecule has 0 atom stereocenters. The summed E-state index contributed by atoms with van der Waals surface area (Å²) in [6.45, 7) is 9.73. The quantitative estimate of drug-likeness (QED) is 0.832. The smallest absolute Gasteiger partial charge is 0.119 e. The van der Waals surface area contributed by atoms with Crippen molar-refractivity contribution < 1.29 is 4.74 Å². The summed E-state index contributed by atoms with van der Waals surface area (Å²) in [5, 5.41) is 8.49. The highest BCUT2D eigenvalue weighted by Crippen LogP contribution is 2.27. The van der Waals surface area contributed by atoms with Crippen molar-refractivity contribution in [1.82, 2.24) is 15.0 Å². The molecule has 0 aliphatic rings. The molecule has 2 aromatic rings. The maximum Gasteiger partial charge on any atom is 0.119 e. The van der Waals surface area contributed by atoms with Gasteiger partial charge in [0.1, 0.15) is 11.4 Å².